The number of carboxylic acid groups (broad SMARTS) is 1. The van der Waals surface area contributed by atoms with E-state index < -0.39 is 17.6 Å². The van der Waals surface area contributed by atoms with Crippen LogP contribution in [0.3, 0.4) is 0 Å². The smallest absolute Gasteiger partial charge is 0.335 e. The molecule has 3 nitrogen and oxygen atoms in total. The maximum Gasteiger partial charge on any atom is 0.335 e. The Balaban J connectivity index is 2.69. The largest absolute Gasteiger partial charge is 0.478 e. The fraction of sp³-hybridized carbons (Fsp3) is 0. The molecule has 0 aliphatic heterocycles. The van der Waals surface area contributed by atoms with Crippen molar-refractivity contribution in [2.45, 2.75) is 0 Å². The van der Waals surface area contributed by atoms with E-state index in [1.54, 1.807) is 6.07 Å². The lowest BCUT2D eigenvalue weighted by molar-refractivity contribution is 0.0697. The summed E-state index contributed by atoms with van der Waals surface area (Å²) in [7, 11) is 0. The number of nitriles is 1. The van der Waals surface area contributed by atoms with E-state index in [-0.39, 0.29) is 22.3 Å². The fourth-order valence-corrected chi connectivity index (χ4v) is 1.69. The van der Waals surface area contributed by atoms with Crippen molar-refractivity contribution in [2.24, 2.45) is 0 Å². The fourth-order valence-electron chi connectivity index (χ4n) is 1.69. The van der Waals surface area contributed by atoms with Crippen LogP contribution in [0.25, 0.3) is 11.1 Å². The molecule has 1 N–H and O–H groups in total. The quantitative estimate of drug-likeness (QED) is 0.900. The van der Waals surface area contributed by atoms with Crippen molar-refractivity contribution in [2.75, 3.05) is 0 Å². The molecule has 0 aliphatic rings. The summed E-state index contributed by atoms with van der Waals surface area (Å²) in [6, 6.07) is 8.69. The van der Waals surface area contributed by atoms with Gasteiger partial charge >= 0.3 is 5.97 Å². The van der Waals surface area contributed by atoms with Crippen molar-refractivity contribution in [1.82, 2.24) is 0 Å². The van der Waals surface area contributed by atoms with Crippen molar-refractivity contribution in [3.05, 3.63) is 59.2 Å². The average Bonchev–Trinajstić information content (AvgIpc) is 2.39. The first kappa shape index (κ1) is 12.7. The van der Waals surface area contributed by atoms with E-state index in [1.165, 1.54) is 18.2 Å². The van der Waals surface area contributed by atoms with E-state index in [2.05, 4.69) is 0 Å². The molecule has 2 rings (SSSR count). The third-order valence-electron chi connectivity index (χ3n) is 2.62. The predicted molar refractivity (Wildman–Crippen MR) is 63.5 cm³/mol. The number of carboxylic acids is 1. The van der Waals surface area contributed by atoms with Crippen LogP contribution >= 0.6 is 0 Å². The molecule has 19 heavy (non-hydrogen) atoms. The number of aromatic carboxylic acids is 1. The molecule has 0 fully saturated rings. The Labute approximate surface area is 107 Å². The highest BCUT2D eigenvalue weighted by atomic mass is 19.1. The first-order chi connectivity index (χ1) is 9.04. The van der Waals surface area contributed by atoms with Gasteiger partial charge in [0.15, 0.2) is 0 Å². The Hall–Kier alpha value is -2.74. The molecule has 0 radical (unpaired) electrons. The van der Waals surface area contributed by atoms with Gasteiger partial charge in [0.25, 0.3) is 0 Å². The summed E-state index contributed by atoms with van der Waals surface area (Å²) < 4.78 is 27.6. The molecule has 0 unspecified atom stereocenters. The minimum absolute atomic E-state index is 0.139. The van der Waals surface area contributed by atoms with Gasteiger partial charge in [-0.05, 0) is 24.3 Å². The molecule has 0 bridgehead atoms. The summed E-state index contributed by atoms with van der Waals surface area (Å²) in [5, 5.41) is 17.6. The van der Waals surface area contributed by atoms with Crippen LogP contribution < -0.4 is 0 Å². The van der Waals surface area contributed by atoms with Gasteiger partial charge in [-0.1, -0.05) is 12.1 Å². The van der Waals surface area contributed by atoms with Gasteiger partial charge in [-0.15, -0.1) is 0 Å². The minimum Gasteiger partial charge on any atom is -0.478 e. The van der Waals surface area contributed by atoms with Crippen LogP contribution in [-0.4, -0.2) is 11.1 Å². The third-order valence-corrected chi connectivity index (χ3v) is 2.62. The maximum absolute atomic E-state index is 13.9. The van der Waals surface area contributed by atoms with Crippen molar-refractivity contribution in [3.8, 4) is 17.2 Å². The molecule has 0 heterocycles. The van der Waals surface area contributed by atoms with Crippen molar-refractivity contribution in [3.63, 3.8) is 0 Å². The number of nitrogens with zero attached hydrogens (tertiary/aromatic N) is 1. The van der Waals surface area contributed by atoms with Gasteiger partial charge in [0.05, 0.1) is 11.1 Å². The van der Waals surface area contributed by atoms with Crippen LogP contribution in [0.15, 0.2) is 36.4 Å². The molecule has 94 valence electrons. The lowest BCUT2D eigenvalue weighted by atomic mass is 10.00. The van der Waals surface area contributed by atoms with Crippen LogP contribution in [0.1, 0.15) is 15.9 Å². The van der Waals surface area contributed by atoms with E-state index >= 15 is 0 Å². The molecule has 0 saturated heterocycles. The van der Waals surface area contributed by atoms with Crippen molar-refractivity contribution < 1.29 is 18.7 Å². The van der Waals surface area contributed by atoms with Gasteiger partial charge < -0.3 is 5.11 Å². The lowest BCUT2D eigenvalue weighted by Gasteiger charge is -2.07. The lowest BCUT2D eigenvalue weighted by Crippen LogP contribution is -1.99. The molecule has 0 saturated carbocycles. The Morgan fingerprint density at radius 3 is 2.53 bits per heavy atom. The Kier molecular flexibility index (Phi) is 3.25. The zero-order valence-corrected chi connectivity index (χ0v) is 9.52. The molecular weight excluding hydrogens is 252 g/mol. The molecule has 0 aromatic heterocycles. The van der Waals surface area contributed by atoms with Gasteiger partial charge in [-0.3, -0.25) is 0 Å². The molecule has 0 amide bonds. The standard InChI is InChI=1S/C14H7F2NO2/c15-12-5-4-8(14(18)19)6-11(12)10-3-1-2-9(7-17)13(10)16/h1-6H,(H,18,19). The van der Waals surface area contributed by atoms with E-state index in [9.17, 15) is 13.6 Å². The molecular formula is C14H7F2NO2. The summed E-state index contributed by atoms with van der Waals surface area (Å²) in [5.41, 5.74) is -0.704. The molecule has 0 atom stereocenters. The minimum atomic E-state index is -1.24. The Morgan fingerprint density at radius 1 is 1.16 bits per heavy atom. The van der Waals surface area contributed by atoms with Gasteiger partial charge in [-0.25, -0.2) is 13.6 Å². The first-order valence-corrected chi connectivity index (χ1v) is 5.26. The molecule has 2 aromatic carbocycles. The molecule has 0 aliphatic carbocycles. The highest BCUT2D eigenvalue weighted by molar-refractivity contribution is 5.89. The van der Waals surface area contributed by atoms with E-state index in [1.807, 2.05) is 0 Å². The highest BCUT2D eigenvalue weighted by Gasteiger charge is 2.15. The second-order valence-electron chi connectivity index (χ2n) is 3.78. The number of hydrogen-bond donors (Lipinski definition) is 1. The SMILES string of the molecule is N#Cc1cccc(-c2cc(C(=O)O)ccc2F)c1F. The molecule has 5 heteroatoms. The number of rotatable bonds is 2. The summed E-state index contributed by atoms with van der Waals surface area (Å²) in [5.74, 6) is -2.86. The first-order valence-electron chi connectivity index (χ1n) is 5.26. The summed E-state index contributed by atoms with van der Waals surface area (Å²) in [6.45, 7) is 0. The van der Waals surface area contributed by atoms with Gasteiger partial charge in [0.2, 0.25) is 0 Å². The van der Waals surface area contributed by atoms with Gasteiger partial charge in [0, 0.05) is 11.1 Å². The zero-order valence-electron chi connectivity index (χ0n) is 9.52. The zero-order chi connectivity index (χ0) is 14.0. The Bertz CT molecular complexity index is 705. The van der Waals surface area contributed by atoms with Gasteiger partial charge in [0.1, 0.15) is 17.7 Å². The second-order valence-corrected chi connectivity index (χ2v) is 3.78. The average molecular weight is 259 g/mol. The van der Waals surface area contributed by atoms with E-state index in [4.69, 9.17) is 10.4 Å². The number of hydrogen-bond acceptors (Lipinski definition) is 2. The summed E-state index contributed by atoms with van der Waals surface area (Å²) >= 11 is 0. The summed E-state index contributed by atoms with van der Waals surface area (Å²) in [6.07, 6.45) is 0. The van der Waals surface area contributed by atoms with Crippen LogP contribution in [0.5, 0.6) is 0 Å². The highest BCUT2D eigenvalue weighted by Crippen LogP contribution is 2.28. The third kappa shape index (κ3) is 2.29. The number of halogens is 2. The predicted octanol–water partition coefficient (Wildman–Crippen LogP) is 3.20. The van der Waals surface area contributed by atoms with Crippen molar-refractivity contribution in [1.29, 1.82) is 5.26 Å². The van der Waals surface area contributed by atoms with Crippen molar-refractivity contribution >= 4 is 5.97 Å². The second kappa shape index (κ2) is 4.86. The summed E-state index contributed by atoms with van der Waals surface area (Å²) in [4.78, 5) is 10.8. The van der Waals surface area contributed by atoms with E-state index in [0.717, 1.165) is 18.2 Å². The Morgan fingerprint density at radius 2 is 1.89 bits per heavy atom. The number of carbonyl (C=O) groups is 1. The van der Waals surface area contributed by atoms with E-state index in [0.29, 0.717) is 0 Å². The molecule has 0 spiro atoms. The van der Waals surface area contributed by atoms with Gasteiger partial charge in [-0.2, -0.15) is 5.26 Å². The van der Waals surface area contributed by atoms with Crippen LogP contribution in [0, 0.1) is 23.0 Å². The monoisotopic (exact) mass is 259 g/mol. The topological polar surface area (TPSA) is 61.1 Å². The van der Waals surface area contributed by atoms with Crippen LogP contribution in [0.2, 0.25) is 0 Å². The number of benzene rings is 2. The van der Waals surface area contributed by atoms with Crippen LogP contribution in [-0.2, 0) is 0 Å². The van der Waals surface area contributed by atoms with Crippen LogP contribution in [0.4, 0.5) is 8.78 Å². The molecule has 2 aromatic rings. The maximum atomic E-state index is 13.9. The normalized spacial score (nSPS) is 9.95.